The summed E-state index contributed by atoms with van der Waals surface area (Å²) >= 11 is 3.33. The highest BCUT2D eigenvalue weighted by molar-refractivity contribution is 7.98. The van der Waals surface area contributed by atoms with Gasteiger partial charge in [0.1, 0.15) is 18.7 Å². The number of benzene rings is 1. The molecule has 3 aromatic rings. The zero-order chi connectivity index (χ0) is 16.9. The van der Waals surface area contributed by atoms with Gasteiger partial charge in [0.05, 0.1) is 16.8 Å². The average molecular weight is 359 g/mol. The van der Waals surface area contributed by atoms with Crippen LogP contribution in [-0.4, -0.2) is 35.3 Å². The van der Waals surface area contributed by atoms with E-state index in [2.05, 4.69) is 45.8 Å². The maximum atomic E-state index is 11.5. The number of carbonyl (C=O) groups is 1. The molecule has 24 heavy (non-hydrogen) atoms. The first-order chi connectivity index (χ1) is 11.7. The summed E-state index contributed by atoms with van der Waals surface area (Å²) < 4.78 is 5.86. The van der Waals surface area contributed by atoms with Crippen LogP contribution in [0.3, 0.4) is 0 Å². The van der Waals surface area contributed by atoms with Crippen LogP contribution in [0.2, 0.25) is 0 Å². The molecule has 0 atom stereocenters. The molecule has 1 N–H and O–H groups in total. The van der Waals surface area contributed by atoms with Gasteiger partial charge in [-0.05, 0) is 36.9 Å². The molecular formula is C17H17N3O2S2. The molecule has 0 aliphatic heterocycles. The summed E-state index contributed by atoms with van der Waals surface area (Å²) in [7, 11) is 0. The molecule has 0 unspecified atom stereocenters. The fourth-order valence-electron chi connectivity index (χ4n) is 2.25. The number of rotatable bonds is 6. The molecule has 124 valence electrons. The van der Waals surface area contributed by atoms with Crippen LogP contribution in [0.5, 0.6) is 0 Å². The zero-order valence-electron chi connectivity index (χ0n) is 13.4. The van der Waals surface area contributed by atoms with Gasteiger partial charge in [-0.3, -0.25) is 4.79 Å². The van der Waals surface area contributed by atoms with E-state index in [1.807, 2.05) is 6.07 Å². The van der Waals surface area contributed by atoms with Gasteiger partial charge >= 0.3 is 5.97 Å². The van der Waals surface area contributed by atoms with Crippen LogP contribution in [-0.2, 0) is 9.53 Å². The Hall–Kier alpha value is -2.12. The minimum Gasteiger partial charge on any atom is -0.465 e. The first kappa shape index (κ1) is 16.7. The third-order valence-electron chi connectivity index (χ3n) is 3.39. The summed E-state index contributed by atoms with van der Waals surface area (Å²) in [6.07, 6.45) is 3.56. The number of aromatic nitrogens is 2. The molecule has 3 rings (SSSR count). The van der Waals surface area contributed by atoms with Crippen LogP contribution in [0.25, 0.3) is 20.7 Å². The van der Waals surface area contributed by atoms with E-state index >= 15 is 0 Å². The van der Waals surface area contributed by atoms with E-state index in [0.29, 0.717) is 12.4 Å². The number of thiophene rings is 1. The molecule has 0 aliphatic rings. The van der Waals surface area contributed by atoms with Crippen molar-refractivity contribution in [2.75, 3.05) is 24.7 Å². The van der Waals surface area contributed by atoms with Gasteiger partial charge in [-0.2, -0.15) is 0 Å². The summed E-state index contributed by atoms with van der Waals surface area (Å²) in [5.41, 5.74) is 2.01. The quantitative estimate of drug-likeness (QED) is 0.529. The van der Waals surface area contributed by atoms with Gasteiger partial charge in [0, 0.05) is 9.77 Å². The Kier molecular flexibility index (Phi) is 5.32. The van der Waals surface area contributed by atoms with Crippen molar-refractivity contribution < 1.29 is 9.53 Å². The molecular weight excluding hydrogens is 342 g/mol. The predicted octanol–water partition coefficient (Wildman–Crippen LogP) is 4.06. The normalized spacial score (nSPS) is 10.8. The first-order valence-electron chi connectivity index (χ1n) is 7.49. The minimum atomic E-state index is -0.298. The van der Waals surface area contributed by atoms with Gasteiger partial charge in [0.25, 0.3) is 0 Å². The van der Waals surface area contributed by atoms with Crippen LogP contribution in [0.15, 0.2) is 41.6 Å². The Bertz CT molecular complexity index is 847. The average Bonchev–Trinajstić information content (AvgIpc) is 3.05. The van der Waals surface area contributed by atoms with E-state index in [0.717, 1.165) is 20.7 Å². The van der Waals surface area contributed by atoms with Gasteiger partial charge in [-0.15, -0.1) is 23.1 Å². The van der Waals surface area contributed by atoms with E-state index in [1.165, 1.54) is 11.2 Å². The summed E-state index contributed by atoms with van der Waals surface area (Å²) in [6.45, 7) is 2.25. The molecule has 0 saturated heterocycles. The Morgan fingerprint density at radius 1 is 1.29 bits per heavy atom. The molecule has 0 spiro atoms. The highest BCUT2D eigenvalue weighted by Crippen LogP contribution is 2.36. The van der Waals surface area contributed by atoms with Crippen LogP contribution >= 0.6 is 23.1 Å². The zero-order valence-corrected chi connectivity index (χ0v) is 15.0. The van der Waals surface area contributed by atoms with Crippen molar-refractivity contribution in [2.24, 2.45) is 0 Å². The highest BCUT2D eigenvalue weighted by atomic mass is 32.2. The molecule has 0 aliphatic carbocycles. The second kappa shape index (κ2) is 7.63. The second-order valence-corrected chi connectivity index (χ2v) is 6.87. The monoisotopic (exact) mass is 359 g/mol. The molecule has 0 radical (unpaired) electrons. The first-order valence-corrected chi connectivity index (χ1v) is 9.54. The SMILES string of the molecule is CCOC(=O)CNc1ncnc2cc(-c3ccc(SC)cc3)sc12. The number of nitrogens with zero attached hydrogens (tertiary/aromatic N) is 2. The molecule has 0 bridgehead atoms. The van der Waals surface area contributed by atoms with Crippen molar-refractivity contribution in [3.05, 3.63) is 36.7 Å². The van der Waals surface area contributed by atoms with Gasteiger partial charge in [0.2, 0.25) is 0 Å². The number of ether oxygens (including phenoxy) is 1. The Morgan fingerprint density at radius 3 is 2.79 bits per heavy atom. The third-order valence-corrected chi connectivity index (χ3v) is 5.31. The van der Waals surface area contributed by atoms with E-state index in [-0.39, 0.29) is 12.5 Å². The Balaban J connectivity index is 1.87. The fraction of sp³-hybridized carbons (Fsp3) is 0.235. The molecule has 0 saturated carbocycles. The number of carbonyl (C=O) groups excluding carboxylic acids is 1. The maximum absolute atomic E-state index is 11.5. The lowest BCUT2D eigenvalue weighted by Gasteiger charge is -2.05. The second-order valence-electron chi connectivity index (χ2n) is 4.93. The number of fused-ring (bicyclic) bond motifs is 1. The maximum Gasteiger partial charge on any atom is 0.325 e. The van der Waals surface area contributed by atoms with E-state index in [9.17, 15) is 4.79 Å². The van der Waals surface area contributed by atoms with Crippen molar-refractivity contribution in [3.63, 3.8) is 0 Å². The smallest absolute Gasteiger partial charge is 0.325 e. The van der Waals surface area contributed by atoms with Crippen molar-refractivity contribution in [3.8, 4) is 10.4 Å². The number of esters is 1. The lowest BCUT2D eigenvalue weighted by atomic mass is 10.2. The minimum absolute atomic E-state index is 0.0929. The molecule has 0 fully saturated rings. The van der Waals surface area contributed by atoms with Gasteiger partial charge in [0.15, 0.2) is 0 Å². The van der Waals surface area contributed by atoms with Gasteiger partial charge in [-0.1, -0.05) is 12.1 Å². The standard InChI is InChI=1S/C17H17N3O2S2/c1-3-22-15(21)9-18-17-16-13(19-10-20-17)8-14(24-16)11-4-6-12(23-2)7-5-11/h4-8,10H,3,9H2,1-2H3,(H,18,19,20). The molecule has 7 heteroatoms. The van der Waals surface area contributed by atoms with E-state index in [4.69, 9.17) is 4.74 Å². The van der Waals surface area contributed by atoms with Crippen LogP contribution in [0.4, 0.5) is 5.82 Å². The topological polar surface area (TPSA) is 64.1 Å². The third kappa shape index (κ3) is 3.68. The predicted molar refractivity (Wildman–Crippen MR) is 99.8 cm³/mol. The van der Waals surface area contributed by atoms with Crippen molar-refractivity contribution in [2.45, 2.75) is 11.8 Å². The number of anilines is 1. The van der Waals surface area contributed by atoms with Gasteiger partial charge in [-0.25, -0.2) is 9.97 Å². The molecule has 0 amide bonds. The summed E-state index contributed by atoms with van der Waals surface area (Å²) in [6, 6.07) is 10.5. The van der Waals surface area contributed by atoms with Crippen molar-refractivity contribution in [1.29, 1.82) is 0 Å². The number of thioether (sulfide) groups is 1. The van der Waals surface area contributed by atoms with Crippen LogP contribution < -0.4 is 5.32 Å². The highest BCUT2D eigenvalue weighted by Gasteiger charge is 2.11. The Labute approximate surface area is 148 Å². The van der Waals surface area contributed by atoms with E-state index < -0.39 is 0 Å². The largest absolute Gasteiger partial charge is 0.465 e. The van der Waals surface area contributed by atoms with Crippen molar-refractivity contribution >= 4 is 45.1 Å². The van der Waals surface area contributed by atoms with Crippen LogP contribution in [0.1, 0.15) is 6.92 Å². The molecule has 1 aromatic carbocycles. The Morgan fingerprint density at radius 2 is 2.08 bits per heavy atom. The van der Waals surface area contributed by atoms with Crippen LogP contribution in [0, 0.1) is 0 Å². The van der Waals surface area contributed by atoms with Gasteiger partial charge < -0.3 is 10.1 Å². The van der Waals surface area contributed by atoms with E-state index in [1.54, 1.807) is 30.0 Å². The number of nitrogens with one attached hydrogen (secondary N) is 1. The summed E-state index contributed by atoms with van der Waals surface area (Å²) in [5, 5.41) is 3.04. The fourth-order valence-corrected chi connectivity index (χ4v) is 3.74. The molecule has 2 aromatic heterocycles. The number of hydrogen-bond acceptors (Lipinski definition) is 7. The molecule has 5 nitrogen and oxygen atoms in total. The lowest BCUT2D eigenvalue weighted by Crippen LogP contribution is -2.17. The summed E-state index contributed by atoms with van der Waals surface area (Å²) in [5.74, 6) is 0.360. The molecule has 2 heterocycles. The lowest BCUT2D eigenvalue weighted by molar-refractivity contribution is -0.140. The summed E-state index contributed by atoms with van der Waals surface area (Å²) in [4.78, 5) is 22.4. The number of hydrogen-bond donors (Lipinski definition) is 1. The van der Waals surface area contributed by atoms with Crippen molar-refractivity contribution in [1.82, 2.24) is 9.97 Å².